The Morgan fingerprint density at radius 1 is 1.05 bits per heavy atom. The lowest BCUT2D eigenvalue weighted by molar-refractivity contribution is -0.111. The first-order valence-electron chi connectivity index (χ1n) is 6.90. The number of hydrogen-bond acceptors (Lipinski definition) is 3. The third kappa shape index (κ3) is 4.12. The number of anilines is 1. The molecule has 4 nitrogen and oxygen atoms in total. The second-order valence-electron chi connectivity index (χ2n) is 4.78. The van der Waals surface area contributed by atoms with Gasteiger partial charge in [-0.05, 0) is 24.1 Å². The minimum Gasteiger partial charge on any atom is -0.497 e. The standard InChI is InChI=1S/C18H19NO3/c1-13-6-4-5-7-14(13)8-9-18(20)19-15-10-16(21-2)12-17(11-15)22-3/h4-12H,1-3H3,(H,19,20)/b9-8+. The van der Waals surface area contributed by atoms with Gasteiger partial charge in [-0.15, -0.1) is 0 Å². The summed E-state index contributed by atoms with van der Waals surface area (Å²) < 4.78 is 10.3. The first-order valence-corrected chi connectivity index (χ1v) is 6.90. The largest absolute Gasteiger partial charge is 0.497 e. The van der Waals surface area contributed by atoms with E-state index < -0.39 is 0 Å². The molecule has 0 aliphatic heterocycles. The van der Waals surface area contributed by atoms with E-state index in [0.29, 0.717) is 17.2 Å². The lowest BCUT2D eigenvalue weighted by Crippen LogP contribution is -2.08. The summed E-state index contributed by atoms with van der Waals surface area (Å²) in [4.78, 5) is 12.0. The maximum absolute atomic E-state index is 12.0. The van der Waals surface area contributed by atoms with Gasteiger partial charge in [0.25, 0.3) is 0 Å². The SMILES string of the molecule is COc1cc(NC(=O)/C=C/c2ccccc2C)cc(OC)c1. The summed E-state index contributed by atoms with van der Waals surface area (Å²) in [6.07, 6.45) is 3.30. The molecule has 0 aliphatic rings. The highest BCUT2D eigenvalue weighted by molar-refractivity contribution is 6.02. The quantitative estimate of drug-likeness (QED) is 0.857. The number of nitrogens with one attached hydrogen (secondary N) is 1. The monoisotopic (exact) mass is 297 g/mol. The molecule has 2 aromatic carbocycles. The average Bonchev–Trinajstić information content (AvgIpc) is 2.53. The van der Waals surface area contributed by atoms with Crippen molar-refractivity contribution >= 4 is 17.7 Å². The number of carbonyl (C=O) groups excluding carboxylic acids is 1. The van der Waals surface area contributed by atoms with E-state index in [4.69, 9.17) is 9.47 Å². The maximum atomic E-state index is 12.0. The van der Waals surface area contributed by atoms with Crippen LogP contribution in [0.1, 0.15) is 11.1 Å². The van der Waals surface area contributed by atoms with E-state index in [9.17, 15) is 4.79 Å². The van der Waals surface area contributed by atoms with Crippen molar-refractivity contribution in [2.45, 2.75) is 6.92 Å². The van der Waals surface area contributed by atoms with Crippen LogP contribution in [0.5, 0.6) is 11.5 Å². The summed E-state index contributed by atoms with van der Waals surface area (Å²) in [6, 6.07) is 13.1. The highest BCUT2D eigenvalue weighted by atomic mass is 16.5. The number of carbonyl (C=O) groups is 1. The number of rotatable bonds is 5. The van der Waals surface area contributed by atoms with Crippen LogP contribution in [-0.2, 0) is 4.79 Å². The van der Waals surface area contributed by atoms with Gasteiger partial charge in [0, 0.05) is 30.0 Å². The molecule has 0 saturated heterocycles. The topological polar surface area (TPSA) is 47.6 Å². The molecule has 0 radical (unpaired) electrons. The first-order chi connectivity index (χ1) is 10.6. The number of hydrogen-bond donors (Lipinski definition) is 1. The molecule has 0 heterocycles. The van der Waals surface area contributed by atoms with E-state index in [-0.39, 0.29) is 5.91 Å². The van der Waals surface area contributed by atoms with Gasteiger partial charge in [-0.1, -0.05) is 24.3 Å². The fourth-order valence-corrected chi connectivity index (χ4v) is 2.00. The van der Waals surface area contributed by atoms with E-state index in [0.717, 1.165) is 11.1 Å². The van der Waals surface area contributed by atoms with Crippen LogP contribution in [-0.4, -0.2) is 20.1 Å². The minimum atomic E-state index is -0.210. The van der Waals surface area contributed by atoms with Crippen LogP contribution in [0.2, 0.25) is 0 Å². The van der Waals surface area contributed by atoms with Gasteiger partial charge in [-0.2, -0.15) is 0 Å². The summed E-state index contributed by atoms with van der Waals surface area (Å²) in [6.45, 7) is 2.00. The van der Waals surface area contributed by atoms with E-state index in [1.165, 1.54) is 6.08 Å². The molecule has 0 aliphatic carbocycles. The van der Waals surface area contributed by atoms with Crippen LogP contribution in [0, 0.1) is 6.92 Å². The predicted octanol–water partition coefficient (Wildman–Crippen LogP) is 3.66. The van der Waals surface area contributed by atoms with Gasteiger partial charge in [-0.3, -0.25) is 4.79 Å². The van der Waals surface area contributed by atoms with Gasteiger partial charge in [-0.25, -0.2) is 0 Å². The van der Waals surface area contributed by atoms with Crippen molar-refractivity contribution < 1.29 is 14.3 Å². The van der Waals surface area contributed by atoms with Crippen molar-refractivity contribution in [3.8, 4) is 11.5 Å². The highest BCUT2D eigenvalue weighted by Gasteiger charge is 2.04. The van der Waals surface area contributed by atoms with Gasteiger partial charge < -0.3 is 14.8 Å². The molecular weight excluding hydrogens is 278 g/mol. The second kappa shape index (κ2) is 7.31. The summed E-state index contributed by atoms with van der Waals surface area (Å²) in [5.41, 5.74) is 2.76. The van der Waals surface area contributed by atoms with Crippen LogP contribution in [0.25, 0.3) is 6.08 Å². The Morgan fingerprint density at radius 2 is 1.68 bits per heavy atom. The molecule has 0 bridgehead atoms. The Balaban J connectivity index is 2.10. The van der Waals surface area contributed by atoms with Crippen LogP contribution < -0.4 is 14.8 Å². The Hall–Kier alpha value is -2.75. The van der Waals surface area contributed by atoms with Crippen LogP contribution >= 0.6 is 0 Å². The van der Waals surface area contributed by atoms with E-state index in [2.05, 4.69) is 5.32 Å². The van der Waals surface area contributed by atoms with Crippen molar-refractivity contribution in [3.63, 3.8) is 0 Å². The Labute approximate surface area is 130 Å². The molecule has 0 fully saturated rings. The van der Waals surface area contributed by atoms with Crippen LogP contribution in [0.15, 0.2) is 48.5 Å². The van der Waals surface area contributed by atoms with Crippen molar-refractivity contribution in [1.29, 1.82) is 0 Å². The molecular formula is C18H19NO3. The third-order valence-electron chi connectivity index (χ3n) is 3.22. The number of methoxy groups -OCH3 is 2. The molecule has 0 unspecified atom stereocenters. The normalized spacial score (nSPS) is 10.5. The van der Waals surface area contributed by atoms with Gasteiger partial charge in [0.15, 0.2) is 0 Å². The zero-order chi connectivity index (χ0) is 15.9. The number of amides is 1. The average molecular weight is 297 g/mol. The second-order valence-corrected chi connectivity index (χ2v) is 4.78. The number of ether oxygens (including phenoxy) is 2. The van der Waals surface area contributed by atoms with E-state index in [1.807, 2.05) is 31.2 Å². The summed E-state index contributed by atoms with van der Waals surface area (Å²) in [7, 11) is 3.14. The third-order valence-corrected chi connectivity index (χ3v) is 3.22. The molecule has 0 saturated carbocycles. The molecule has 0 aromatic heterocycles. The lowest BCUT2D eigenvalue weighted by Gasteiger charge is -2.08. The van der Waals surface area contributed by atoms with Gasteiger partial charge in [0.2, 0.25) is 5.91 Å². The molecule has 114 valence electrons. The fraction of sp³-hybridized carbons (Fsp3) is 0.167. The first kappa shape index (κ1) is 15.6. The van der Waals surface area contributed by atoms with Crippen LogP contribution in [0.4, 0.5) is 5.69 Å². The van der Waals surface area contributed by atoms with Gasteiger partial charge in [0.1, 0.15) is 11.5 Å². The van der Waals surface area contributed by atoms with E-state index >= 15 is 0 Å². The zero-order valence-electron chi connectivity index (χ0n) is 12.9. The summed E-state index contributed by atoms with van der Waals surface area (Å²) in [5.74, 6) is 1.04. The number of benzene rings is 2. The van der Waals surface area contributed by atoms with Gasteiger partial charge in [0.05, 0.1) is 14.2 Å². The molecule has 4 heteroatoms. The Morgan fingerprint density at radius 3 is 2.27 bits per heavy atom. The zero-order valence-corrected chi connectivity index (χ0v) is 12.9. The Kier molecular flexibility index (Phi) is 5.20. The fourth-order valence-electron chi connectivity index (χ4n) is 2.00. The molecule has 1 N–H and O–H groups in total. The molecule has 2 aromatic rings. The number of aryl methyl sites for hydroxylation is 1. The molecule has 22 heavy (non-hydrogen) atoms. The lowest BCUT2D eigenvalue weighted by atomic mass is 10.1. The minimum absolute atomic E-state index is 0.210. The van der Waals surface area contributed by atoms with Crippen molar-refractivity contribution in [3.05, 3.63) is 59.7 Å². The van der Waals surface area contributed by atoms with Crippen molar-refractivity contribution in [2.75, 3.05) is 19.5 Å². The van der Waals surface area contributed by atoms with Crippen molar-refractivity contribution in [1.82, 2.24) is 0 Å². The molecule has 0 atom stereocenters. The molecule has 1 amide bonds. The molecule has 0 spiro atoms. The highest BCUT2D eigenvalue weighted by Crippen LogP contribution is 2.25. The van der Waals surface area contributed by atoms with E-state index in [1.54, 1.807) is 38.5 Å². The van der Waals surface area contributed by atoms with Crippen LogP contribution in [0.3, 0.4) is 0 Å². The summed E-state index contributed by atoms with van der Waals surface area (Å²) in [5, 5.41) is 2.80. The van der Waals surface area contributed by atoms with Gasteiger partial charge >= 0.3 is 0 Å². The maximum Gasteiger partial charge on any atom is 0.248 e. The molecule has 2 rings (SSSR count). The predicted molar refractivity (Wildman–Crippen MR) is 88.4 cm³/mol. The Bertz CT molecular complexity index is 670. The van der Waals surface area contributed by atoms with Crippen molar-refractivity contribution in [2.24, 2.45) is 0 Å². The smallest absolute Gasteiger partial charge is 0.248 e. The summed E-state index contributed by atoms with van der Waals surface area (Å²) >= 11 is 0.